The zero-order valence-corrected chi connectivity index (χ0v) is 15.1. The van der Waals surface area contributed by atoms with Gasteiger partial charge in [0.25, 0.3) is 0 Å². The lowest BCUT2D eigenvalue weighted by molar-refractivity contribution is 0.414. The highest BCUT2D eigenvalue weighted by Gasteiger charge is 2.27. The van der Waals surface area contributed by atoms with E-state index in [0.29, 0.717) is 12.5 Å². The van der Waals surface area contributed by atoms with Crippen molar-refractivity contribution in [1.82, 2.24) is 0 Å². The molecular weight excluding hydrogens is 321 g/mol. The van der Waals surface area contributed by atoms with Gasteiger partial charge in [-0.2, -0.15) is 0 Å². The van der Waals surface area contributed by atoms with Gasteiger partial charge in [-0.3, -0.25) is 0 Å². The second-order valence-electron chi connectivity index (χ2n) is 5.84. The van der Waals surface area contributed by atoms with Crippen molar-refractivity contribution in [2.45, 2.75) is 26.3 Å². The average molecular weight is 343 g/mol. The molecule has 2 nitrogen and oxygen atoms in total. The Bertz CT molecular complexity index is 759. The Labute approximate surface area is 147 Å². The first-order valence-electron chi connectivity index (χ1n) is 8.17. The summed E-state index contributed by atoms with van der Waals surface area (Å²) in [6, 6.07) is 13.0. The van der Waals surface area contributed by atoms with Crippen LogP contribution in [0.4, 0.5) is 10.1 Å². The Morgan fingerprint density at radius 1 is 1.21 bits per heavy atom. The molecule has 0 bridgehead atoms. The third-order valence-electron chi connectivity index (χ3n) is 4.19. The van der Waals surface area contributed by atoms with Crippen LogP contribution in [-0.4, -0.2) is 12.9 Å². The van der Waals surface area contributed by atoms with Crippen LogP contribution in [0.2, 0.25) is 0 Å². The lowest BCUT2D eigenvalue weighted by Gasteiger charge is -2.35. The number of halogens is 1. The number of methoxy groups -OCH3 is 1. The van der Waals surface area contributed by atoms with Crippen molar-refractivity contribution >= 4 is 17.4 Å². The van der Waals surface area contributed by atoms with Crippen LogP contribution in [0.3, 0.4) is 0 Å². The maximum absolute atomic E-state index is 13.6. The second kappa shape index (κ2) is 7.31. The van der Waals surface area contributed by atoms with Crippen molar-refractivity contribution in [1.29, 1.82) is 0 Å². The first-order valence-corrected chi connectivity index (χ1v) is 9.16. The standard InChI is InChI=1S/C20H22FNOS/c1-4-24-19-11-14(2)17-9-6-10-18(23-3)20(17)22(19)13-15-7-5-8-16(21)12-15/h5-12,14H,4,13H2,1-3H3. The van der Waals surface area contributed by atoms with Gasteiger partial charge < -0.3 is 9.64 Å². The number of anilines is 1. The number of thioether (sulfide) groups is 1. The van der Waals surface area contributed by atoms with Crippen LogP contribution in [0, 0.1) is 5.82 Å². The van der Waals surface area contributed by atoms with Crippen molar-refractivity contribution in [3.63, 3.8) is 0 Å². The fourth-order valence-corrected chi connectivity index (χ4v) is 4.02. The molecule has 1 aliphatic heterocycles. The largest absolute Gasteiger partial charge is 0.495 e. The van der Waals surface area contributed by atoms with Crippen molar-refractivity contribution in [3.05, 3.63) is 70.5 Å². The Morgan fingerprint density at radius 2 is 2.00 bits per heavy atom. The molecule has 1 heterocycles. The third-order valence-corrected chi connectivity index (χ3v) is 5.13. The van der Waals surface area contributed by atoms with Crippen LogP contribution in [0.15, 0.2) is 53.6 Å². The summed E-state index contributed by atoms with van der Waals surface area (Å²) in [5.41, 5.74) is 3.28. The summed E-state index contributed by atoms with van der Waals surface area (Å²) in [6.45, 7) is 4.97. The van der Waals surface area contributed by atoms with Crippen LogP contribution >= 0.6 is 11.8 Å². The lowest BCUT2D eigenvalue weighted by Crippen LogP contribution is -2.26. The molecule has 0 saturated carbocycles. The highest BCUT2D eigenvalue weighted by molar-refractivity contribution is 8.03. The van der Waals surface area contributed by atoms with Crippen molar-refractivity contribution in [3.8, 4) is 5.75 Å². The Balaban J connectivity index is 2.07. The summed E-state index contributed by atoms with van der Waals surface area (Å²) in [5.74, 6) is 1.97. The number of nitrogens with zero attached hydrogens (tertiary/aromatic N) is 1. The summed E-state index contributed by atoms with van der Waals surface area (Å²) in [5, 5.41) is 1.20. The first-order chi connectivity index (χ1) is 11.6. The summed E-state index contributed by atoms with van der Waals surface area (Å²) < 4.78 is 19.2. The summed E-state index contributed by atoms with van der Waals surface area (Å²) in [6.07, 6.45) is 2.29. The van der Waals surface area contributed by atoms with Gasteiger partial charge in [-0.15, -0.1) is 11.8 Å². The number of ether oxygens (including phenoxy) is 1. The Hall–Kier alpha value is -1.94. The number of hydrogen-bond donors (Lipinski definition) is 0. The van der Waals surface area contributed by atoms with Crippen LogP contribution in [0.25, 0.3) is 0 Å². The molecule has 0 aromatic heterocycles. The highest BCUT2D eigenvalue weighted by atomic mass is 32.2. The molecule has 24 heavy (non-hydrogen) atoms. The molecular formula is C20H22FNOS. The number of allylic oxidation sites excluding steroid dienone is 1. The van der Waals surface area contributed by atoms with E-state index >= 15 is 0 Å². The van der Waals surface area contributed by atoms with Crippen LogP contribution in [0.1, 0.15) is 30.9 Å². The molecule has 0 saturated heterocycles. The van der Waals surface area contributed by atoms with E-state index in [2.05, 4.69) is 30.9 Å². The number of rotatable bonds is 5. The van der Waals surface area contributed by atoms with Gasteiger partial charge in [0.1, 0.15) is 11.6 Å². The number of benzene rings is 2. The molecule has 0 radical (unpaired) electrons. The average Bonchev–Trinajstić information content (AvgIpc) is 2.58. The second-order valence-corrected chi connectivity index (χ2v) is 7.13. The minimum atomic E-state index is -0.202. The molecule has 0 spiro atoms. The van der Waals surface area contributed by atoms with Gasteiger partial charge in [0.2, 0.25) is 0 Å². The maximum Gasteiger partial charge on any atom is 0.142 e. The van der Waals surface area contributed by atoms with Gasteiger partial charge in [0.15, 0.2) is 0 Å². The van der Waals surface area contributed by atoms with Gasteiger partial charge in [-0.25, -0.2) is 4.39 Å². The normalized spacial score (nSPS) is 16.6. The van der Waals surface area contributed by atoms with E-state index in [1.165, 1.54) is 16.7 Å². The van der Waals surface area contributed by atoms with Gasteiger partial charge in [0, 0.05) is 12.5 Å². The van der Waals surface area contributed by atoms with Crippen molar-refractivity contribution < 1.29 is 9.13 Å². The van der Waals surface area contributed by atoms with E-state index in [1.807, 2.05) is 30.0 Å². The smallest absolute Gasteiger partial charge is 0.142 e. The molecule has 0 N–H and O–H groups in total. The maximum atomic E-state index is 13.6. The highest BCUT2D eigenvalue weighted by Crippen LogP contribution is 2.45. The minimum absolute atomic E-state index is 0.202. The molecule has 2 aromatic rings. The van der Waals surface area contributed by atoms with E-state index in [4.69, 9.17) is 4.74 Å². The topological polar surface area (TPSA) is 12.5 Å². The monoisotopic (exact) mass is 343 g/mol. The fourth-order valence-electron chi connectivity index (χ4n) is 3.11. The third kappa shape index (κ3) is 3.29. The fraction of sp³-hybridized carbons (Fsp3) is 0.300. The predicted octanol–water partition coefficient (Wildman–Crippen LogP) is 5.55. The van der Waals surface area contributed by atoms with Crippen LogP contribution in [-0.2, 0) is 6.54 Å². The van der Waals surface area contributed by atoms with Crippen LogP contribution < -0.4 is 9.64 Å². The molecule has 126 valence electrons. The zero-order chi connectivity index (χ0) is 17.1. The molecule has 2 aromatic carbocycles. The minimum Gasteiger partial charge on any atom is -0.495 e. The summed E-state index contributed by atoms with van der Waals surface area (Å²) >= 11 is 1.81. The molecule has 4 heteroatoms. The van der Waals surface area contributed by atoms with Gasteiger partial charge in [-0.1, -0.05) is 38.1 Å². The Morgan fingerprint density at radius 3 is 2.71 bits per heavy atom. The molecule has 1 unspecified atom stereocenters. The van der Waals surface area contributed by atoms with Crippen molar-refractivity contribution in [2.24, 2.45) is 0 Å². The molecule has 1 aliphatic rings. The van der Waals surface area contributed by atoms with E-state index in [9.17, 15) is 4.39 Å². The summed E-state index contributed by atoms with van der Waals surface area (Å²) in [7, 11) is 1.70. The van der Waals surface area contributed by atoms with Gasteiger partial charge in [0.05, 0.1) is 17.8 Å². The Kier molecular flexibility index (Phi) is 5.14. The van der Waals surface area contributed by atoms with Crippen molar-refractivity contribution in [2.75, 3.05) is 17.8 Å². The number of para-hydroxylation sites is 1. The quantitative estimate of drug-likeness (QED) is 0.706. The number of fused-ring (bicyclic) bond motifs is 1. The number of hydrogen-bond acceptors (Lipinski definition) is 3. The summed E-state index contributed by atoms with van der Waals surface area (Å²) in [4.78, 5) is 2.25. The molecule has 1 atom stereocenters. The van der Waals surface area contributed by atoms with E-state index in [-0.39, 0.29) is 5.82 Å². The SMILES string of the molecule is CCSC1=CC(C)c2cccc(OC)c2N1Cc1cccc(F)c1. The molecule has 3 rings (SSSR count). The predicted molar refractivity (Wildman–Crippen MR) is 100 cm³/mol. The van der Waals surface area contributed by atoms with Crippen LogP contribution in [0.5, 0.6) is 5.75 Å². The molecule has 0 aliphatic carbocycles. The zero-order valence-electron chi connectivity index (χ0n) is 14.3. The lowest BCUT2D eigenvalue weighted by atomic mass is 9.94. The van der Waals surface area contributed by atoms with Gasteiger partial charge in [-0.05, 0) is 41.2 Å². The van der Waals surface area contributed by atoms with Gasteiger partial charge >= 0.3 is 0 Å². The van der Waals surface area contributed by atoms with E-state index in [1.54, 1.807) is 19.2 Å². The van der Waals surface area contributed by atoms with E-state index < -0.39 is 0 Å². The van der Waals surface area contributed by atoms with E-state index in [0.717, 1.165) is 22.8 Å². The molecule has 0 amide bonds. The first kappa shape index (κ1) is 16.9. The molecule has 0 fully saturated rings.